The van der Waals surface area contributed by atoms with Crippen molar-refractivity contribution in [3.63, 3.8) is 0 Å². The third kappa shape index (κ3) is 3.33. The zero-order valence-corrected chi connectivity index (χ0v) is 22.2. The number of hydrogen-bond acceptors (Lipinski definition) is 7. The molecule has 7 rings (SSSR count). The Kier molecular flexibility index (Phi) is 5.32. The van der Waals surface area contributed by atoms with Crippen LogP contribution >= 0.6 is 0 Å². The number of anilines is 1. The molecule has 2 aromatic carbocycles. The standard InChI is InChI=1S/C31H27N3O7/c1-31-22(27(37)33(29(31)39)17-5-3-2-4-6-17)13-21-19(8-9-20-24(21)28(38)34(26(20)36)30(32)40)25(31)16-11-15-12-18(35)7-10-23(15)41-14-16/h2-8,10,12,14,20-22,24-25,35H,9,11,13H2,1H3,(H2,32,40)/t20-,21+,22-,24-,25-,31+/m0/s1. The van der Waals surface area contributed by atoms with Gasteiger partial charge in [-0.15, -0.1) is 0 Å². The summed E-state index contributed by atoms with van der Waals surface area (Å²) in [6, 6.07) is 12.4. The molecular weight excluding hydrogens is 526 g/mol. The number of urea groups is 1. The van der Waals surface area contributed by atoms with Gasteiger partial charge >= 0.3 is 6.03 Å². The Bertz CT molecular complexity index is 1630. The molecule has 10 heteroatoms. The predicted octanol–water partition coefficient (Wildman–Crippen LogP) is 3.05. The minimum Gasteiger partial charge on any atom is -0.508 e. The molecule has 3 fully saturated rings. The number of para-hydroxylation sites is 1. The van der Waals surface area contributed by atoms with Crippen molar-refractivity contribution in [3.8, 4) is 11.5 Å². The van der Waals surface area contributed by atoms with Crippen LogP contribution in [0.1, 0.15) is 25.3 Å². The molecule has 1 saturated carbocycles. The van der Waals surface area contributed by atoms with Gasteiger partial charge in [0.25, 0.3) is 0 Å². The van der Waals surface area contributed by atoms with E-state index in [9.17, 15) is 29.1 Å². The van der Waals surface area contributed by atoms with E-state index in [1.807, 2.05) is 6.08 Å². The van der Waals surface area contributed by atoms with Crippen molar-refractivity contribution in [2.45, 2.75) is 26.2 Å². The normalized spacial score (nSPS) is 32.0. The van der Waals surface area contributed by atoms with Gasteiger partial charge in [0.05, 0.1) is 35.1 Å². The van der Waals surface area contributed by atoms with Crippen LogP contribution in [0.5, 0.6) is 11.5 Å². The fourth-order valence-corrected chi connectivity index (χ4v) is 7.89. The van der Waals surface area contributed by atoms with Crippen molar-refractivity contribution in [1.82, 2.24) is 4.90 Å². The molecule has 0 radical (unpaired) electrons. The maximum absolute atomic E-state index is 14.4. The average molecular weight is 554 g/mol. The highest BCUT2D eigenvalue weighted by atomic mass is 16.5. The van der Waals surface area contributed by atoms with Crippen molar-refractivity contribution < 1.29 is 33.8 Å². The van der Waals surface area contributed by atoms with Crippen LogP contribution in [0.15, 0.2) is 72.0 Å². The molecule has 41 heavy (non-hydrogen) atoms. The quantitative estimate of drug-likeness (QED) is 0.429. The lowest BCUT2D eigenvalue weighted by Crippen LogP contribution is -2.51. The number of carbonyl (C=O) groups excluding carboxylic acids is 5. The van der Waals surface area contributed by atoms with E-state index in [1.54, 1.807) is 55.7 Å². The number of allylic oxidation sites excluding steroid dienone is 3. The van der Waals surface area contributed by atoms with Gasteiger partial charge in [-0.2, -0.15) is 4.90 Å². The number of primary amides is 1. The monoisotopic (exact) mass is 553 g/mol. The number of rotatable bonds is 2. The van der Waals surface area contributed by atoms with Gasteiger partial charge in [0.1, 0.15) is 11.5 Å². The van der Waals surface area contributed by atoms with E-state index in [1.165, 1.54) is 11.0 Å². The summed E-state index contributed by atoms with van der Waals surface area (Å²) in [7, 11) is 0. The molecule has 208 valence electrons. The van der Waals surface area contributed by atoms with Crippen LogP contribution in [0.2, 0.25) is 0 Å². The number of imide groups is 4. The number of fused-ring (bicyclic) bond motifs is 5. The number of aromatic hydroxyl groups is 1. The van der Waals surface area contributed by atoms with Crippen LogP contribution in [0, 0.1) is 35.0 Å². The van der Waals surface area contributed by atoms with E-state index in [2.05, 4.69) is 0 Å². The first-order valence-electron chi connectivity index (χ1n) is 13.6. The Labute approximate surface area is 235 Å². The SMILES string of the molecule is C[C@@]12C(=O)N(c3ccccc3)C(=O)[C@@H]1C[C@@H]1C(=CC[C@@H]3C(=O)N(C(N)=O)C(=O)[C@@H]31)[C@@H]2C1=COc2ccc(O)cc2C1. The van der Waals surface area contributed by atoms with Crippen molar-refractivity contribution in [3.05, 3.63) is 77.6 Å². The van der Waals surface area contributed by atoms with Crippen LogP contribution in [-0.2, 0) is 25.6 Å². The third-order valence-corrected chi connectivity index (χ3v) is 9.66. The predicted molar refractivity (Wildman–Crippen MR) is 144 cm³/mol. The number of nitrogens with zero attached hydrogens (tertiary/aromatic N) is 2. The summed E-state index contributed by atoms with van der Waals surface area (Å²) < 4.78 is 5.96. The number of carbonyl (C=O) groups is 5. The number of amides is 6. The largest absolute Gasteiger partial charge is 0.508 e. The second-order valence-electron chi connectivity index (χ2n) is 11.6. The van der Waals surface area contributed by atoms with E-state index in [0.29, 0.717) is 22.8 Å². The van der Waals surface area contributed by atoms with E-state index in [0.717, 1.165) is 16.7 Å². The molecule has 3 N–H and O–H groups in total. The van der Waals surface area contributed by atoms with Gasteiger partial charge in [-0.05, 0) is 61.6 Å². The first-order chi connectivity index (χ1) is 19.6. The van der Waals surface area contributed by atoms with Crippen LogP contribution < -0.4 is 15.4 Å². The van der Waals surface area contributed by atoms with Crippen molar-refractivity contribution in [2.75, 3.05) is 4.90 Å². The molecule has 0 bridgehead atoms. The van der Waals surface area contributed by atoms with E-state index in [-0.39, 0.29) is 30.4 Å². The van der Waals surface area contributed by atoms with Crippen molar-refractivity contribution >= 4 is 35.3 Å². The van der Waals surface area contributed by atoms with E-state index >= 15 is 0 Å². The summed E-state index contributed by atoms with van der Waals surface area (Å²) in [5.74, 6) is -4.96. The first kappa shape index (κ1) is 25.3. The van der Waals surface area contributed by atoms with Crippen molar-refractivity contribution in [2.24, 2.45) is 40.7 Å². The van der Waals surface area contributed by atoms with Crippen LogP contribution in [0.3, 0.4) is 0 Å². The van der Waals surface area contributed by atoms with Crippen LogP contribution in [-0.4, -0.2) is 39.7 Å². The summed E-state index contributed by atoms with van der Waals surface area (Å²) in [5.41, 5.74) is 6.90. The van der Waals surface area contributed by atoms with Crippen LogP contribution in [0.25, 0.3) is 0 Å². The Balaban J connectivity index is 1.38. The number of likely N-dealkylation sites (tertiary alicyclic amines) is 1. The minimum atomic E-state index is -1.21. The summed E-state index contributed by atoms with van der Waals surface area (Å²) in [6.07, 6.45) is 4.22. The molecule has 2 aromatic rings. The second-order valence-corrected chi connectivity index (χ2v) is 11.6. The molecule has 0 aromatic heterocycles. The summed E-state index contributed by atoms with van der Waals surface area (Å²) in [6.45, 7) is 1.80. The molecule has 5 aliphatic rings. The lowest BCUT2D eigenvalue weighted by atomic mass is 9.51. The summed E-state index contributed by atoms with van der Waals surface area (Å²) in [5, 5.41) is 10.1. The fraction of sp³-hybridized carbons (Fsp3) is 0.323. The molecule has 6 atom stereocenters. The number of nitrogens with two attached hydrogens (primary N) is 1. The van der Waals surface area contributed by atoms with Gasteiger partial charge in [0.2, 0.25) is 23.6 Å². The Morgan fingerprint density at radius 2 is 1.78 bits per heavy atom. The molecule has 10 nitrogen and oxygen atoms in total. The van der Waals surface area contributed by atoms with E-state index in [4.69, 9.17) is 10.5 Å². The number of phenolic OH excluding ortho intramolecular Hbond substituents is 1. The second kappa shape index (κ2) is 8.63. The molecule has 2 aliphatic carbocycles. The number of hydrogen-bond donors (Lipinski definition) is 2. The minimum absolute atomic E-state index is 0.0721. The zero-order valence-electron chi connectivity index (χ0n) is 22.2. The molecule has 2 saturated heterocycles. The Hall–Kier alpha value is -4.73. The van der Waals surface area contributed by atoms with E-state index < -0.39 is 52.8 Å². The summed E-state index contributed by atoms with van der Waals surface area (Å²) >= 11 is 0. The molecule has 0 unspecified atom stereocenters. The van der Waals surface area contributed by atoms with Gasteiger partial charge in [-0.1, -0.05) is 29.8 Å². The van der Waals surface area contributed by atoms with Crippen LogP contribution in [0.4, 0.5) is 10.5 Å². The maximum atomic E-state index is 14.4. The molecular formula is C31H27N3O7. The number of phenols is 1. The molecule has 6 amide bonds. The third-order valence-electron chi connectivity index (χ3n) is 9.66. The number of benzene rings is 2. The highest BCUT2D eigenvalue weighted by molar-refractivity contribution is 6.24. The Morgan fingerprint density at radius 3 is 2.51 bits per heavy atom. The lowest BCUT2D eigenvalue weighted by Gasteiger charge is -2.49. The van der Waals surface area contributed by atoms with Gasteiger partial charge < -0.3 is 15.6 Å². The van der Waals surface area contributed by atoms with Crippen molar-refractivity contribution in [1.29, 1.82) is 0 Å². The van der Waals surface area contributed by atoms with Gasteiger partial charge in [0.15, 0.2) is 0 Å². The van der Waals surface area contributed by atoms with Gasteiger partial charge in [-0.3, -0.25) is 19.2 Å². The van der Waals surface area contributed by atoms with Gasteiger partial charge in [-0.25, -0.2) is 9.69 Å². The average Bonchev–Trinajstić information content (AvgIpc) is 3.32. The molecule has 3 aliphatic heterocycles. The Morgan fingerprint density at radius 1 is 1.02 bits per heavy atom. The molecule has 3 heterocycles. The summed E-state index contributed by atoms with van der Waals surface area (Å²) in [4.78, 5) is 68.8. The topological polar surface area (TPSA) is 147 Å². The van der Waals surface area contributed by atoms with Gasteiger partial charge in [0, 0.05) is 17.9 Å². The maximum Gasteiger partial charge on any atom is 0.328 e. The highest BCUT2D eigenvalue weighted by Crippen LogP contribution is 2.62. The number of ether oxygens (including phenoxy) is 1. The lowest BCUT2D eigenvalue weighted by molar-refractivity contribution is -0.137. The highest BCUT2D eigenvalue weighted by Gasteiger charge is 2.68. The smallest absolute Gasteiger partial charge is 0.328 e. The zero-order chi connectivity index (χ0) is 28.8. The first-order valence-corrected chi connectivity index (χ1v) is 13.6. The molecule has 0 spiro atoms. The fourth-order valence-electron chi connectivity index (χ4n) is 7.89.